The van der Waals surface area contributed by atoms with Gasteiger partial charge in [-0.3, -0.25) is 0 Å². The van der Waals surface area contributed by atoms with Crippen molar-refractivity contribution in [3.05, 3.63) is 35.9 Å². The summed E-state index contributed by atoms with van der Waals surface area (Å²) >= 11 is 0. The average Bonchev–Trinajstić information content (AvgIpc) is 2.28. The molecule has 0 saturated heterocycles. The molecule has 17 heavy (non-hydrogen) atoms. The van der Waals surface area contributed by atoms with Crippen molar-refractivity contribution in [3.8, 4) is 0 Å². The van der Waals surface area contributed by atoms with Gasteiger partial charge in [0.25, 0.3) is 0 Å². The van der Waals surface area contributed by atoms with Crippen LogP contribution in [0.25, 0.3) is 0 Å². The van der Waals surface area contributed by atoms with Crippen LogP contribution in [0, 0.1) is 0 Å². The lowest BCUT2D eigenvalue weighted by Crippen LogP contribution is -2.22. The summed E-state index contributed by atoms with van der Waals surface area (Å²) in [5.74, 6) is 0.321. The van der Waals surface area contributed by atoms with Crippen LogP contribution in [0.5, 0.6) is 0 Å². The van der Waals surface area contributed by atoms with Gasteiger partial charge in [0, 0.05) is 13.0 Å². The Morgan fingerprint density at radius 3 is 2.41 bits per heavy atom. The van der Waals surface area contributed by atoms with E-state index in [0.29, 0.717) is 19.0 Å². The fourth-order valence-electron chi connectivity index (χ4n) is 1.63. The summed E-state index contributed by atoms with van der Waals surface area (Å²) in [5.41, 5.74) is 1.20. The van der Waals surface area contributed by atoms with E-state index < -0.39 is 12.6 Å². The molecule has 0 aromatic heterocycles. The van der Waals surface area contributed by atoms with Gasteiger partial charge in [-0.15, -0.1) is 0 Å². The van der Waals surface area contributed by atoms with Crippen molar-refractivity contribution in [2.75, 3.05) is 13.1 Å². The predicted molar refractivity (Wildman–Crippen MR) is 63.0 cm³/mol. The maximum atomic E-state index is 11.9. The maximum absolute atomic E-state index is 11.9. The fraction of sp³-hybridized carbons (Fsp3) is 0.538. The Morgan fingerprint density at radius 1 is 1.18 bits per heavy atom. The van der Waals surface area contributed by atoms with Crippen LogP contribution in [0.2, 0.25) is 0 Å². The average molecular weight is 245 g/mol. The van der Waals surface area contributed by atoms with Gasteiger partial charge in [-0.25, -0.2) is 0 Å². The van der Waals surface area contributed by atoms with E-state index in [0.717, 1.165) is 0 Å². The molecular weight excluding hydrogens is 227 g/mol. The lowest BCUT2D eigenvalue weighted by atomic mass is 10.0. The number of rotatable bonds is 6. The zero-order valence-corrected chi connectivity index (χ0v) is 9.93. The number of benzene rings is 1. The van der Waals surface area contributed by atoms with E-state index in [4.69, 9.17) is 0 Å². The SMILES string of the molecule is CC(CNCCCC(F)(F)F)c1ccccc1. The van der Waals surface area contributed by atoms with Gasteiger partial charge in [0.05, 0.1) is 0 Å². The third-order valence-corrected chi connectivity index (χ3v) is 2.63. The molecule has 0 aliphatic rings. The van der Waals surface area contributed by atoms with Crippen LogP contribution in [0.4, 0.5) is 13.2 Å². The van der Waals surface area contributed by atoms with Crippen molar-refractivity contribution in [3.63, 3.8) is 0 Å². The highest BCUT2D eigenvalue weighted by Gasteiger charge is 2.25. The molecule has 96 valence electrons. The van der Waals surface area contributed by atoms with Gasteiger partial charge in [-0.1, -0.05) is 37.3 Å². The Labute approximate surface area is 100 Å². The van der Waals surface area contributed by atoms with E-state index in [1.165, 1.54) is 5.56 Å². The smallest absolute Gasteiger partial charge is 0.316 e. The third kappa shape index (κ3) is 6.31. The second-order valence-corrected chi connectivity index (χ2v) is 4.23. The normalized spacial score (nSPS) is 13.6. The molecule has 0 radical (unpaired) electrons. The van der Waals surface area contributed by atoms with E-state index in [2.05, 4.69) is 12.2 Å². The molecule has 0 saturated carbocycles. The number of hydrogen-bond donors (Lipinski definition) is 1. The van der Waals surface area contributed by atoms with Crippen molar-refractivity contribution in [2.24, 2.45) is 0 Å². The molecular formula is C13H18F3N. The number of hydrogen-bond acceptors (Lipinski definition) is 1. The lowest BCUT2D eigenvalue weighted by molar-refractivity contribution is -0.135. The first-order valence-electron chi connectivity index (χ1n) is 5.81. The molecule has 0 aliphatic heterocycles. The zero-order chi connectivity index (χ0) is 12.7. The largest absolute Gasteiger partial charge is 0.389 e. The Hall–Kier alpha value is -1.03. The first-order chi connectivity index (χ1) is 7.99. The van der Waals surface area contributed by atoms with Gasteiger partial charge in [-0.2, -0.15) is 13.2 Å². The quantitative estimate of drug-likeness (QED) is 0.753. The summed E-state index contributed by atoms with van der Waals surface area (Å²) in [5, 5.41) is 3.06. The van der Waals surface area contributed by atoms with Crippen LogP contribution in [0.15, 0.2) is 30.3 Å². The van der Waals surface area contributed by atoms with E-state index in [1.807, 2.05) is 30.3 Å². The lowest BCUT2D eigenvalue weighted by Gasteiger charge is -2.13. The molecule has 1 N–H and O–H groups in total. The molecule has 1 rings (SSSR count). The first kappa shape index (κ1) is 14.0. The molecule has 0 aliphatic carbocycles. The van der Waals surface area contributed by atoms with Gasteiger partial charge in [-0.05, 0) is 24.4 Å². The van der Waals surface area contributed by atoms with Crippen LogP contribution in [0.3, 0.4) is 0 Å². The highest BCUT2D eigenvalue weighted by atomic mass is 19.4. The zero-order valence-electron chi connectivity index (χ0n) is 9.93. The summed E-state index contributed by atoms with van der Waals surface area (Å²) in [4.78, 5) is 0. The van der Waals surface area contributed by atoms with Crippen LogP contribution in [-0.4, -0.2) is 19.3 Å². The first-order valence-corrected chi connectivity index (χ1v) is 5.81. The minimum absolute atomic E-state index is 0.144. The Kier molecular flexibility index (Phi) is 5.48. The van der Waals surface area contributed by atoms with E-state index in [1.54, 1.807) is 0 Å². The monoisotopic (exact) mass is 245 g/mol. The van der Waals surface area contributed by atoms with Crippen LogP contribution in [-0.2, 0) is 0 Å². The van der Waals surface area contributed by atoms with Crippen LogP contribution >= 0.6 is 0 Å². The van der Waals surface area contributed by atoms with Gasteiger partial charge in [0.2, 0.25) is 0 Å². The number of halogens is 3. The summed E-state index contributed by atoms with van der Waals surface area (Å²) < 4.78 is 35.6. The fourth-order valence-corrected chi connectivity index (χ4v) is 1.63. The van der Waals surface area contributed by atoms with Crippen LogP contribution < -0.4 is 5.32 Å². The van der Waals surface area contributed by atoms with Gasteiger partial charge in [0.1, 0.15) is 0 Å². The number of nitrogens with one attached hydrogen (secondary N) is 1. The van der Waals surface area contributed by atoms with E-state index in [-0.39, 0.29) is 6.42 Å². The molecule has 0 spiro atoms. The third-order valence-electron chi connectivity index (χ3n) is 2.63. The minimum atomic E-state index is -4.03. The minimum Gasteiger partial charge on any atom is -0.316 e. The highest BCUT2D eigenvalue weighted by Crippen LogP contribution is 2.20. The standard InChI is InChI=1S/C13H18F3N/c1-11(12-6-3-2-4-7-12)10-17-9-5-8-13(14,15)16/h2-4,6-7,11,17H,5,8-10H2,1H3. The Bertz CT molecular complexity index is 308. The molecule has 1 aromatic rings. The van der Waals surface area contributed by atoms with Crippen molar-refractivity contribution in [2.45, 2.75) is 31.9 Å². The molecule has 1 atom stereocenters. The van der Waals surface area contributed by atoms with E-state index in [9.17, 15) is 13.2 Å². The van der Waals surface area contributed by atoms with Crippen molar-refractivity contribution in [1.29, 1.82) is 0 Å². The second kappa shape index (κ2) is 6.64. The van der Waals surface area contributed by atoms with Gasteiger partial charge < -0.3 is 5.32 Å². The van der Waals surface area contributed by atoms with Crippen molar-refractivity contribution < 1.29 is 13.2 Å². The summed E-state index contributed by atoms with van der Waals surface area (Å²) in [6.07, 6.45) is -4.60. The summed E-state index contributed by atoms with van der Waals surface area (Å²) in [6.45, 7) is 3.19. The summed E-state index contributed by atoms with van der Waals surface area (Å²) in [6, 6.07) is 9.95. The highest BCUT2D eigenvalue weighted by molar-refractivity contribution is 5.18. The molecule has 1 unspecified atom stereocenters. The molecule has 0 amide bonds. The molecule has 0 bridgehead atoms. The van der Waals surface area contributed by atoms with Gasteiger partial charge >= 0.3 is 6.18 Å². The van der Waals surface area contributed by atoms with Gasteiger partial charge in [0.15, 0.2) is 0 Å². The topological polar surface area (TPSA) is 12.0 Å². The van der Waals surface area contributed by atoms with Crippen molar-refractivity contribution in [1.82, 2.24) is 5.32 Å². The van der Waals surface area contributed by atoms with E-state index >= 15 is 0 Å². The molecule has 4 heteroatoms. The van der Waals surface area contributed by atoms with Crippen LogP contribution in [0.1, 0.15) is 31.2 Å². The Morgan fingerprint density at radius 2 is 1.82 bits per heavy atom. The molecule has 1 nitrogen and oxygen atoms in total. The predicted octanol–water partition coefficient (Wildman–Crippen LogP) is 3.72. The maximum Gasteiger partial charge on any atom is 0.389 e. The molecule has 0 heterocycles. The second-order valence-electron chi connectivity index (χ2n) is 4.23. The molecule has 1 aromatic carbocycles. The summed E-state index contributed by atoms with van der Waals surface area (Å²) in [7, 11) is 0. The Balaban J connectivity index is 2.15. The number of alkyl halides is 3. The molecule has 0 fully saturated rings. The van der Waals surface area contributed by atoms with Crippen molar-refractivity contribution >= 4 is 0 Å².